The maximum Gasteiger partial charge on any atom is 0.271 e. The van der Waals surface area contributed by atoms with Crippen molar-refractivity contribution in [3.63, 3.8) is 0 Å². The van der Waals surface area contributed by atoms with Gasteiger partial charge in [-0.1, -0.05) is 59.7 Å². The van der Waals surface area contributed by atoms with Crippen molar-refractivity contribution in [3.8, 4) is 17.0 Å². The molecule has 7 heteroatoms. The fourth-order valence-electron chi connectivity index (χ4n) is 3.87. The van der Waals surface area contributed by atoms with Gasteiger partial charge in [0.1, 0.15) is 12.4 Å². The van der Waals surface area contributed by atoms with Crippen molar-refractivity contribution in [2.45, 2.75) is 20.5 Å². The van der Waals surface area contributed by atoms with Gasteiger partial charge < -0.3 is 10.1 Å². The van der Waals surface area contributed by atoms with E-state index in [9.17, 15) is 4.79 Å². The van der Waals surface area contributed by atoms with E-state index in [2.05, 4.69) is 58.9 Å². The number of hydrogen-bond donors (Lipinski definition) is 2. The molecule has 0 saturated heterocycles. The first kappa shape index (κ1) is 25.9. The zero-order valence-corrected chi connectivity index (χ0v) is 22.5. The smallest absolute Gasteiger partial charge is 0.271 e. The number of thiazole rings is 1. The molecule has 39 heavy (non-hydrogen) atoms. The Morgan fingerprint density at radius 3 is 2.44 bits per heavy atom. The summed E-state index contributed by atoms with van der Waals surface area (Å²) in [6.45, 7) is 4.64. The van der Waals surface area contributed by atoms with Crippen molar-refractivity contribution in [1.82, 2.24) is 10.4 Å². The molecule has 1 aromatic heterocycles. The molecule has 194 valence electrons. The van der Waals surface area contributed by atoms with E-state index in [4.69, 9.17) is 4.74 Å². The molecule has 0 spiro atoms. The lowest BCUT2D eigenvalue weighted by molar-refractivity contribution is 0.0955. The van der Waals surface area contributed by atoms with Crippen LogP contribution in [0.25, 0.3) is 11.3 Å². The van der Waals surface area contributed by atoms with Crippen LogP contribution in [0.3, 0.4) is 0 Å². The van der Waals surface area contributed by atoms with E-state index in [-0.39, 0.29) is 5.91 Å². The average molecular weight is 533 g/mol. The highest BCUT2D eigenvalue weighted by molar-refractivity contribution is 7.14. The topological polar surface area (TPSA) is 75.6 Å². The summed E-state index contributed by atoms with van der Waals surface area (Å²) in [6.07, 6.45) is 1.61. The zero-order chi connectivity index (χ0) is 27.0. The Hall–Kier alpha value is -4.75. The van der Waals surface area contributed by atoms with E-state index in [0.29, 0.717) is 12.2 Å². The van der Waals surface area contributed by atoms with Crippen molar-refractivity contribution < 1.29 is 9.53 Å². The summed E-state index contributed by atoms with van der Waals surface area (Å²) in [5.74, 6) is 0.492. The standard InChI is InChI=1S/C32H28N4O2S/c1-22-6-14-28(15-7-22)34-32-35-30(21-39-32)26-10-12-27(13-11-26)31(37)36-33-19-24-8-16-29(17-9-24)38-20-25-5-3-4-23(2)18-25/h3-19,21H,20H2,1-2H3,(H,34,35)(H,36,37)/b33-19-. The van der Waals surface area contributed by atoms with Gasteiger partial charge in [-0.2, -0.15) is 5.10 Å². The SMILES string of the molecule is Cc1ccc(Nc2nc(-c3ccc(C(=O)N/N=C\c4ccc(OCc5cccc(C)c5)cc4)cc3)cs2)cc1. The maximum absolute atomic E-state index is 12.5. The lowest BCUT2D eigenvalue weighted by Gasteiger charge is -2.07. The van der Waals surface area contributed by atoms with Gasteiger partial charge in [0.15, 0.2) is 5.13 Å². The van der Waals surface area contributed by atoms with E-state index in [1.165, 1.54) is 22.5 Å². The Morgan fingerprint density at radius 1 is 0.923 bits per heavy atom. The Bertz CT molecular complexity index is 1570. The highest BCUT2D eigenvalue weighted by Crippen LogP contribution is 2.27. The quantitative estimate of drug-likeness (QED) is 0.152. The normalized spacial score (nSPS) is 10.9. The number of rotatable bonds is 9. The number of hydrogen-bond acceptors (Lipinski definition) is 6. The first-order chi connectivity index (χ1) is 19.0. The van der Waals surface area contributed by atoms with Crippen LogP contribution in [0, 0.1) is 13.8 Å². The van der Waals surface area contributed by atoms with E-state index >= 15 is 0 Å². The molecule has 0 saturated carbocycles. The van der Waals surface area contributed by atoms with Gasteiger partial charge in [0.2, 0.25) is 0 Å². The Kier molecular flexibility index (Phi) is 8.09. The molecule has 6 nitrogen and oxygen atoms in total. The van der Waals surface area contributed by atoms with E-state index in [1.54, 1.807) is 18.3 Å². The van der Waals surface area contributed by atoms with Gasteiger partial charge in [-0.05, 0) is 73.5 Å². The van der Waals surface area contributed by atoms with E-state index in [0.717, 1.165) is 39.0 Å². The van der Waals surface area contributed by atoms with Crippen LogP contribution in [0.5, 0.6) is 5.75 Å². The highest BCUT2D eigenvalue weighted by Gasteiger charge is 2.08. The fraction of sp³-hybridized carbons (Fsp3) is 0.0938. The second-order valence-electron chi connectivity index (χ2n) is 9.15. The van der Waals surface area contributed by atoms with E-state index < -0.39 is 0 Å². The summed E-state index contributed by atoms with van der Waals surface area (Å²) < 4.78 is 5.85. The molecule has 0 atom stereocenters. The molecule has 0 unspecified atom stereocenters. The number of amides is 1. The Balaban J connectivity index is 1.12. The molecule has 2 N–H and O–H groups in total. The molecule has 5 aromatic rings. The van der Waals surface area contributed by atoms with Crippen molar-refractivity contribution in [2.24, 2.45) is 5.10 Å². The largest absolute Gasteiger partial charge is 0.489 e. The molecular weight excluding hydrogens is 504 g/mol. The minimum atomic E-state index is -0.282. The Labute approximate surface area is 232 Å². The van der Waals surface area contributed by atoms with Crippen LogP contribution in [-0.4, -0.2) is 17.1 Å². The minimum Gasteiger partial charge on any atom is -0.489 e. The lowest BCUT2D eigenvalue weighted by atomic mass is 10.1. The second-order valence-corrected chi connectivity index (χ2v) is 10.0. The van der Waals surface area contributed by atoms with Crippen molar-refractivity contribution in [1.29, 1.82) is 0 Å². The zero-order valence-electron chi connectivity index (χ0n) is 21.7. The third-order valence-corrected chi connectivity index (χ3v) is 6.76. The molecule has 1 heterocycles. The summed E-state index contributed by atoms with van der Waals surface area (Å²) in [5.41, 5.74) is 10.3. The molecular formula is C32H28N4O2S. The third-order valence-electron chi connectivity index (χ3n) is 6.00. The van der Waals surface area contributed by atoms with Crippen molar-refractivity contribution >= 4 is 34.3 Å². The second kappa shape index (κ2) is 12.2. The van der Waals surface area contributed by atoms with Crippen molar-refractivity contribution in [3.05, 3.63) is 130 Å². The van der Waals surface area contributed by atoms with Crippen LogP contribution in [0.2, 0.25) is 0 Å². The minimum absolute atomic E-state index is 0.282. The number of hydrazone groups is 1. The number of carbonyl (C=O) groups is 1. The summed E-state index contributed by atoms with van der Waals surface area (Å²) in [7, 11) is 0. The summed E-state index contributed by atoms with van der Waals surface area (Å²) in [5, 5.41) is 10.2. The predicted molar refractivity (Wildman–Crippen MR) is 159 cm³/mol. The van der Waals surface area contributed by atoms with Gasteiger partial charge in [-0.15, -0.1) is 11.3 Å². The highest BCUT2D eigenvalue weighted by atomic mass is 32.1. The monoisotopic (exact) mass is 532 g/mol. The summed E-state index contributed by atoms with van der Waals surface area (Å²) >= 11 is 1.54. The number of nitrogens with one attached hydrogen (secondary N) is 2. The van der Waals surface area contributed by atoms with Gasteiger partial charge in [0.05, 0.1) is 11.9 Å². The number of benzene rings is 4. The van der Waals surface area contributed by atoms with Crippen LogP contribution < -0.4 is 15.5 Å². The van der Waals surface area contributed by atoms with Crippen molar-refractivity contribution in [2.75, 3.05) is 5.32 Å². The number of aryl methyl sites for hydroxylation is 2. The summed E-state index contributed by atoms with van der Waals surface area (Å²) in [4.78, 5) is 17.2. The Morgan fingerprint density at radius 2 is 1.69 bits per heavy atom. The van der Waals surface area contributed by atoms with Crippen LogP contribution in [0.4, 0.5) is 10.8 Å². The van der Waals surface area contributed by atoms with Gasteiger partial charge in [-0.25, -0.2) is 10.4 Å². The molecule has 0 radical (unpaired) electrons. The van der Waals surface area contributed by atoms with Crippen LogP contribution in [0.1, 0.15) is 32.6 Å². The number of anilines is 2. The maximum atomic E-state index is 12.5. The molecule has 0 aliphatic heterocycles. The molecule has 0 aliphatic rings. The third kappa shape index (κ3) is 7.18. The van der Waals surface area contributed by atoms with Gasteiger partial charge in [0, 0.05) is 22.2 Å². The number of ether oxygens (including phenoxy) is 1. The molecule has 0 bridgehead atoms. The molecule has 0 aliphatic carbocycles. The first-order valence-electron chi connectivity index (χ1n) is 12.5. The average Bonchev–Trinajstić information content (AvgIpc) is 3.42. The summed E-state index contributed by atoms with van der Waals surface area (Å²) in [6, 6.07) is 31.3. The van der Waals surface area contributed by atoms with Gasteiger partial charge in [-0.3, -0.25) is 4.79 Å². The molecule has 0 fully saturated rings. The predicted octanol–water partition coefficient (Wildman–Crippen LogP) is 7.51. The lowest BCUT2D eigenvalue weighted by Crippen LogP contribution is -2.17. The van der Waals surface area contributed by atoms with Crippen LogP contribution >= 0.6 is 11.3 Å². The molecule has 1 amide bonds. The number of nitrogens with zero attached hydrogens (tertiary/aromatic N) is 2. The molecule has 5 rings (SSSR count). The molecule has 4 aromatic carbocycles. The van der Waals surface area contributed by atoms with Crippen LogP contribution in [-0.2, 0) is 6.61 Å². The first-order valence-corrected chi connectivity index (χ1v) is 13.4. The van der Waals surface area contributed by atoms with Crippen LogP contribution in [0.15, 0.2) is 108 Å². The number of carbonyl (C=O) groups excluding carboxylic acids is 1. The fourth-order valence-corrected chi connectivity index (χ4v) is 4.61. The van der Waals surface area contributed by atoms with E-state index in [1.807, 2.05) is 66.0 Å². The number of aromatic nitrogens is 1. The van der Waals surface area contributed by atoms with Gasteiger partial charge >= 0.3 is 0 Å². The van der Waals surface area contributed by atoms with Gasteiger partial charge in [0.25, 0.3) is 5.91 Å².